The third-order valence-electron chi connectivity index (χ3n) is 6.92. The molecule has 2 saturated heterocycles. The van der Waals surface area contributed by atoms with Gasteiger partial charge >= 0.3 is 13.6 Å². The largest absolute Gasteiger partial charge is 0.465 e. The molecule has 0 saturated carbocycles. The van der Waals surface area contributed by atoms with Gasteiger partial charge in [-0.25, -0.2) is 0 Å². The van der Waals surface area contributed by atoms with E-state index in [-0.39, 0.29) is 49.2 Å². The molecule has 3 rings (SSSR count). The van der Waals surface area contributed by atoms with Gasteiger partial charge in [0.2, 0.25) is 5.91 Å². The Hall–Kier alpha value is -2.06. The quantitative estimate of drug-likeness (QED) is 0.246. The summed E-state index contributed by atoms with van der Waals surface area (Å²) >= 11 is 0. The fourth-order valence-corrected chi connectivity index (χ4v) is 6.47. The number of ether oxygens (including phenoxy) is 1. The van der Waals surface area contributed by atoms with E-state index in [0.29, 0.717) is 31.1 Å². The first kappa shape index (κ1) is 27.5. The van der Waals surface area contributed by atoms with Crippen molar-refractivity contribution in [2.75, 3.05) is 27.3 Å². The fraction of sp³-hybridized carbons (Fsp3) is 0.640. The molecule has 0 aromatic heterocycles. The lowest BCUT2D eigenvalue weighted by Crippen LogP contribution is -2.53. The number of amides is 1. The molecular formula is C25H37N2O7P. The molecule has 35 heavy (non-hydrogen) atoms. The zero-order chi connectivity index (χ0) is 25.4. The van der Waals surface area contributed by atoms with Crippen LogP contribution in [0.1, 0.15) is 51.9 Å². The molecule has 194 valence electrons. The minimum absolute atomic E-state index is 0.0121. The average molecular weight is 509 g/mol. The van der Waals surface area contributed by atoms with Crippen molar-refractivity contribution in [1.82, 2.24) is 10.2 Å². The van der Waals surface area contributed by atoms with Crippen molar-refractivity contribution >= 4 is 30.6 Å². The summed E-state index contributed by atoms with van der Waals surface area (Å²) in [5, 5.41) is 3.23. The van der Waals surface area contributed by atoms with Crippen molar-refractivity contribution in [3.05, 3.63) is 30.3 Å². The normalized spacial score (nSPS) is 25.6. The van der Waals surface area contributed by atoms with E-state index in [1.807, 2.05) is 13.1 Å². The Morgan fingerprint density at radius 1 is 1.11 bits per heavy atom. The number of nitrogens with zero attached hydrogens (tertiary/aromatic N) is 1. The predicted molar refractivity (Wildman–Crippen MR) is 131 cm³/mol. The lowest BCUT2D eigenvalue weighted by Gasteiger charge is -2.42. The number of piperidine rings is 1. The van der Waals surface area contributed by atoms with Crippen LogP contribution in [0.2, 0.25) is 0 Å². The first-order valence-corrected chi connectivity index (χ1v) is 13.8. The van der Waals surface area contributed by atoms with Gasteiger partial charge in [-0.3, -0.25) is 19.1 Å². The molecule has 1 N–H and O–H groups in total. The maximum atomic E-state index is 13.5. The van der Waals surface area contributed by atoms with E-state index in [1.165, 1.54) is 14.0 Å². The Kier molecular flexibility index (Phi) is 10.0. The summed E-state index contributed by atoms with van der Waals surface area (Å²) < 4.78 is 30.6. The highest BCUT2D eigenvalue weighted by Crippen LogP contribution is 2.52. The van der Waals surface area contributed by atoms with Gasteiger partial charge < -0.3 is 23.9 Å². The second-order valence-corrected chi connectivity index (χ2v) is 11.4. The lowest BCUT2D eigenvalue weighted by atomic mass is 9.88. The van der Waals surface area contributed by atoms with Gasteiger partial charge in [0.25, 0.3) is 0 Å². The molecule has 5 atom stereocenters. The Morgan fingerprint density at radius 2 is 1.86 bits per heavy atom. The molecule has 2 aliphatic heterocycles. The predicted octanol–water partition coefficient (Wildman–Crippen LogP) is 2.83. The SMILES string of the molecule is COP(=O)(OC1CC2CCC([C@H]1C(=O)OCCCCNC(=O)CCC(C)=O)N2C)c1ccccc1. The molecule has 9 nitrogen and oxygen atoms in total. The summed E-state index contributed by atoms with van der Waals surface area (Å²) in [5.41, 5.74) is 0. The highest BCUT2D eigenvalue weighted by atomic mass is 31.2. The molecule has 1 amide bonds. The number of nitrogens with one attached hydrogen (secondary N) is 1. The second-order valence-electron chi connectivity index (χ2n) is 9.31. The standard InChI is InChI=1S/C25H37N2O7P/c1-18(28)11-14-23(29)26-15-7-8-16-33-25(30)24-21-13-12-19(27(21)2)17-22(24)34-35(31,32-3)20-9-5-4-6-10-20/h4-6,9-10,19,21-22,24H,7-8,11-17H2,1-3H3,(H,26,29)/t19?,21?,22?,24-,35?/m1/s1. The number of fused-ring (bicyclic) bond motifs is 2. The molecule has 10 heteroatoms. The van der Waals surface area contributed by atoms with Gasteiger partial charge in [-0.1, -0.05) is 18.2 Å². The topological polar surface area (TPSA) is 111 Å². The summed E-state index contributed by atoms with van der Waals surface area (Å²) in [6.07, 6.45) is 3.51. The summed E-state index contributed by atoms with van der Waals surface area (Å²) in [6, 6.07) is 9.03. The van der Waals surface area contributed by atoms with Crippen molar-refractivity contribution in [2.45, 2.75) is 70.1 Å². The van der Waals surface area contributed by atoms with Crippen LogP contribution in [0.4, 0.5) is 0 Å². The minimum atomic E-state index is -3.59. The maximum Gasteiger partial charge on any atom is 0.361 e. The van der Waals surface area contributed by atoms with E-state index in [9.17, 15) is 18.9 Å². The van der Waals surface area contributed by atoms with Crippen LogP contribution in [0.15, 0.2) is 30.3 Å². The highest BCUT2D eigenvalue weighted by molar-refractivity contribution is 7.62. The van der Waals surface area contributed by atoms with Gasteiger partial charge in [0, 0.05) is 38.6 Å². The number of hydrogen-bond acceptors (Lipinski definition) is 8. The van der Waals surface area contributed by atoms with E-state index in [0.717, 1.165) is 12.8 Å². The number of carbonyl (C=O) groups is 3. The first-order valence-electron chi connectivity index (χ1n) is 12.3. The second kappa shape index (κ2) is 12.8. The van der Waals surface area contributed by atoms with E-state index in [4.69, 9.17) is 13.8 Å². The van der Waals surface area contributed by atoms with E-state index in [1.54, 1.807) is 24.3 Å². The molecule has 0 aliphatic carbocycles. The third kappa shape index (κ3) is 7.23. The highest BCUT2D eigenvalue weighted by Gasteiger charge is 2.52. The number of ketones is 1. The number of rotatable bonds is 13. The van der Waals surface area contributed by atoms with E-state index < -0.39 is 19.6 Å². The van der Waals surface area contributed by atoms with Crippen molar-refractivity contribution in [2.24, 2.45) is 5.92 Å². The number of benzene rings is 1. The monoisotopic (exact) mass is 508 g/mol. The van der Waals surface area contributed by atoms with Crippen LogP contribution < -0.4 is 10.6 Å². The Labute approximate surface area is 207 Å². The number of unbranched alkanes of at least 4 members (excludes halogenated alkanes) is 1. The average Bonchev–Trinajstić information content (AvgIpc) is 3.08. The van der Waals surface area contributed by atoms with Crippen LogP contribution in [0, 0.1) is 5.92 Å². The smallest absolute Gasteiger partial charge is 0.361 e. The van der Waals surface area contributed by atoms with Crippen molar-refractivity contribution in [1.29, 1.82) is 0 Å². The van der Waals surface area contributed by atoms with Crippen LogP contribution in [0.5, 0.6) is 0 Å². The van der Waals surface area contributed by atoms with Gasteiger partial charge in [0.05, 0.1) is 23.9 Å². The van der Waals surface area contributed by atoms with Crippen LogP contribution in [0.25, 0.3) is 0 Å². The van der Waals surface area contributed by atoms with Crippen molar-refractivity contribution < 1.29 is 32.7 Å². The molecule has 2 fully saturated rings. The number of carbonyl (C=O) groups excluding carboxylic acids is 3. The first-order chi connectivity index (χ1) is 16.7. The third-order valence-corrected chi connectivity index (χ3v) is 8.87. The van der Waals surface area contributed by atoms with Crippen LogP contribution in [-0.2, 0) is 32.7 Å². The number of Topliss-reactive ketones (excluding diaryl/α,β-unsaturated/α-hetero) is 1. The Morgan fingerprint density at radius 3 is 2.54 bits per heavy atom. The minimum Gasteiger partial charge on any atom is -0.465 e. The van der Waals surface area contributed by atoms with Gasteiger partial charge in [0.15, 0.2) is 0 Å². The molecule has 1 aromatic rings. The molecule has 0 radical (unpaired) electrons. The molecular weight excluding hydrogens is 471 g/mol. The molecule has 2 bridgehead atoms. The molecule has 1 aromatic carbocycles. The Balaban J connectivity index is 1.55. The molecule has 4 unspecified atom stereocenters. The summed E-state index contributed by atoms with van der Waals surface area (Å²) in [4.78, 5) is 38.0. The van der Waals surface area contributed by atoms with E-state index in [2.05, 4.69) is 10.2 Å². The lowest BCUT2D eigenvalue weighted by molar-refractivity contribution is -0.158. The van der Waals surface area contributed by atoms with Crippen molar-refractivity contribution in [3.8, 4) is 0 Å². The number of esters is 1. The van der Waals surface area contributed by atoms with Crippen LogP contribution in [0.3, 0.4) is 0 Å². The van der Waals surface area contributed by atoms with Gasteiger partial charge in [-0.2, -0.15) is 0 Å². The van der Waals surface area contributed by atoms with Crippen LogP contribution >= 0.6 is 7.60 Å². The Bertz CT molecular complexity index is 926. The summed E-state index contributed by atoms with van der Waals surface area (Å²) in [7, 11) is -0.214. The maximum absolute atomic E-state index is 13.5. The molecule has 2 heterocycles. The zero-order valence-corrected chi connectivity index (χ0v) is 21.7. The fourth-order valence-electron chi connectivity index (χ4n) is 4.94. The van der Waals surface area contributed by atoms with Gasteiger partial charge in [-0.15, -0.1) is 0 Å². The summed E-state index contributed by atoms with van der Waals surface area (Å²) in [6.45, 7) is 2.15. The molecule has 0 spiro atoms. The summed E-state index contributed by atoms with van der Waals surface area (Å²) in [5.74, 6) is -1.08. The van der Waals surface area contributed by atoms with Gasteiger partial charge in [0.1, 0.15) is 5.78 Å². The van der Waals surface area contributed by atoms with Crippen molar-refractivity contribution in [3.63, 3.8) is 0 Å². The zero-order valence-electron chi connectivity index (χ0n) is 20.8. The van der Waals surface area contributed by atoms with Gasteiger partial charge in [-0.05, 0) is 58.2 Å². The molecule has 2 aliphatic rings. The van der Waals surface area contributed by atoms with Crippen LogP contribution in [-0.4, -0.2) is 68.1 Å². The van der Waals surface area contributed by atoms with E-state index >= 15 is 0 Å². The number of hydrogen-bond donors (Lipinski definition) is 1.